The molecule has 66 valence electrons. The number of nitrogens with zero attached hydrogens (tertiary/aromatic N) is 1. The van der Waals surface area contributed by atoms with Gasteiger partial charge in [0.25, 0.3) is 0 Å². The van der Waals surface area contributed by atoms with E-state index in [1.807, 2.05) is 13.0 Å². The molecule has 0 aliphatic carbocycles. The zero-order valence-corrected chi connectivity index (χ0v) is 7.93. The second-order valence-electron chi connectivity index (χ2n) is 2.82. The molecule has 2 nitrogen and oxygen atoms in total. The van der Waals surface area contributed by atoms with E-state index in [9.17, 15) is 0 Å². The first-order valence-corrected chi connectivity index (χ1v) is 4.43. The average Bonchev–Trinajstić information content (AvgIpc) is 2.07. The maximum absolute atomic E-state index is 5.92. The SMILES string of the molecule is Cc1cnc(CCCN)cc1Cl. The molecule has 1 rings (SSSR count). The van der Waals surface area contributed by atoms with Crippen LogP contribution >= 0.6 is 11.6 Å². The van der Waals surface area contributed by atoms with Gasteiger partial charge >= 0.3 is 0 Å². The van der Waals surface area contributed by atoms with Gasteiger partial charge in [0.05, 0.1) is 0 Å². The number of rotatable bonds is 3. The third kappa shape index (κ3) is 2.47. The molecule has 3 heteroatoms. The number of hydrogen-bond acceptors (Lipinski definition) is 2. The summed E-state index contributed by atoms with van der Waals surface area (Å²) in [6, 6.07) is 1.91. The summed E-state index contributed by atoms with van der Waals surface area (Å²) in [6.45, 7) is 2.65. The van der Waals surface area contributed by atoms with E-state index in [0.29, 0.717) is 6.54 Å². The van der Waals surface area contributed by atoms with Crippen LogP contribution in [0.4, 0.5) is 0 Å². The van der Waals surface area contributed by atoms with Crippen molar-refractivity contribution in [3.8, 4) is 0 Å². The summed E-state index contributed by atoms with van der Waals surface area (Å²) >= 11 is 5.92. The topological polar surface area (TPSA) is 38.9 Å². The number of pyridine rings is 1. The fourth-order valence-electron chi connectivity index (χ4n) is 0.959. The van der Waals surface area contributed by atoms with E-state index in [0.717, 1.165) is 29.1 Å². The van der Waals surface area contributed by atoms with Crippen LogP contribution in [0.15, 0.2) is 12.3 Å². The molecule has 1 aromatic heterocycles. The third-order valence-electron chi connectivity index (χ3n) is 1.73. The van der Waals surface area contributed by atoms with Gasteiger partial charge < -0.3 is 5.73 Å². The molecule has 0 atom stereocenters. The van der Waals surface area contributed by atoms with E-state index in [4.69, 9.17) is 17.3 Å². The van der Waals surface area contributed by atoms with Crippen molar-refractivity contribution in [1.82, 2.24) is 4.98 Å². The molecule has 0 unspecified atom stereocenters. The van der Waals surface area contributed by atoms with Crippen LogP contribution in [0, 0.1) is 6.92 Å². The molecule has 0 aromatic carbocycles. The second-order valence-corrected chi connectivity index (χ2v) is 3.22. The predicted molar refractivity (Wildman–Crippen MR) is 51.4 cm³/mol. The molecule has 0 radical (unpaired) electrons. The van der Waals surface area contributed by atoms with Gasteiger partial charge in [0.1, 0.15) is 0 Å². The van der Waals surface area contributed by atoms with E-state index in [2.05, 4.69) is 4.98 Å². The Bertz CT molecular complexity index is 261. The maximum Gasteiger partial charge on any atom is 0.0468 e. The number of aromatic nitrogens is 1. The van der Waals surface area contributed by atoms with E-state index in [-0.39, 0.29) is 0 Å². The Balaban J connectivity index is 2.69. The highest BCUT2D eigenvalue weighted by atomic mass is 35.5. The highest BCUT2D eigenvalue weighted by Crippen LogP contribution is 2.14. The fraction of sp³-hybridized carbons (Fsp3) is 0.444. The smallest absolute Gasteiger partial charge is 0.0468 e. The number of nitrogens with two attached hydrogens (primary N) is 1. The third-order valence-corrected chi connectivity index (χ3v) is 2.14. The lowest BCUT2D eigenvalue weighted by atomic mass is 10.2. The van der Waals surface area contributed by atoms with Crippen LogP contribution in [0.2, 0.25) is 5.02 Å². The summed E-state index contributed by atoms with van der Waals surface area (Å²) in [6.07, 6.45) is 3.68. The normalized spacial score (nSPS) is 10.2. The van der Waals surface area contributed by atoms with Crippen LogP contribution in [0.3, 0.4) is 0 Å². The monoisotopic (exact) mass is 184 g/mol. The molecule has 0 aliphatic heterocycles. The Hall–Kier alpha value is -0.600. The maximum atomic E-state index is 5.92. The first-order chi connectivity index (χ1) is 5.74. The van der Waals surface area contributed by atoms with Crippen molar-refractivity contribution in [2.24, 2.45) is 5.73 Å². The first kappa shape index (κ1) is 9.49. The van der Waals surface area contributed by atoms with Crippen LogP contribution in [-0.4, -0.2) is 11.5 Å². The molecule has 0 saturated heterocycles. The molecule has 2 N–H and O–H groups in total. The summed E-state index contributed by atoms with van der Waals surface area (Å²) in [7, 11) is 0. The molecular weight excluding hydrogens is 172 g/mol. The van der Waals surface area contributed by atoms with Gasteiger partial charge in [0.15, 0.2) is 0 Å². The number of aryl methyl sites for hydroxylation is 2. The van der Waals surface area contributed by atoms with Crippen LogP contribution in [0.5, 0.6) is 0 Å². The molecule has 0 spiro atoms. The molecule has 1 aromatic rings. The summed E-state index contributed by atoms with van der Waals surface area (Å²) in [5, 5.41) is 0.789. The zero-order chi connectivity index (χ0) is 8.97. The highest BCUT2D eigenvalue weighted by Gasteiger charge is 1.98. The van der Waals surface area contributed by atoms with Crippen LogP contribution in [0.1, 0.15) is 17.7 Å². The Morgan fingerprint density at radius 3 is 2.92 bits per heavy atom. The summed E-state index contributed by atoms with van der Waals surface area (Å²) in [5.41, 5.74) is 7.43. The zero-order valence-electron chi connectivity index (χ0n) is 7.18. The van der Waals surface area contributed by atoms with Gasteiger partial charge in [-0.2, -0.15) is 0 Å². The molecular formula is C9H13ClN2. The van der Waals surface area contributed by atoms with Gasteiger partial charge in [0.2, 0.25) is 0 Å². The van der Waals surface area contributed by atoms with E-state index in [1.54, 1.807) is 6.20 Å². The largest absolute Gasteiger partial charge is 0.330 e. The second kappa shape index (κ2) is 4.43. The standard InChI is InChI=1S/C9H13ClN2/c1-7-6-12-8(3-2-4-11)5-9(7)10/h5-6H,2-4,11H2,1H3. The molecule has 12 heavy (non-hydrogen) atoms. The van der Waals surface area contributed by atoms with Gasteiger partial charge in [-0.3, -0.25) is 4.98 Å². The summed E-state index contributed by atoms with van der Waals surface area (Å²) in [5.74, 6) is 0. The number of hydrogen-bond donors (Lipinski definition) is 1. The van der Waals surface area contributed by atoms with Gasteiger partial charge in [-0.25, -0.2) is 0 Å². The Morgan fingerprint density at radius 1 is 1.58 bits per heavy atom. The van der Waals surface area contributed by atoms with Crippen molar-refractivity contribution in [2.75, 3.05) is 6.54 Å². The highest BCUT2D eigenvalue weighted by molar-refractivity contribution is 6.31. The van der Waals surface area contributed by atoms with Crippen molar-refractivity contribution in [3.63, 3.8) is 0 Å². The molecule has 1 heterocycles. The molecule has 0 bridgehead atoms. The minimum absolute atomic E-state index is 0.702. The van der Waals surface area contributed by atoms with E-state index < -0.39 is 0 Å². The van der Waals surface area contributed by atoms with Crippen molar-refractivity contribution in [3.05, 3.63) is 28.5 Å². The lowest BCUT2D eigenvalue weighted by Crippen LogP contribution is -2.01. The molecule has 0 fully saturated rings. The molecule has 0 aliphatic rings. The van der Waals surface area contributed by atoms with Crippen molar-refractivity contribution >= 4 is 11.6 Å². The summed E-state index contributed by atoms with van der Waals surface area (Å²) < 4.78 is 0. The Labute approximate surface area is 77.8 Å². The molecule has 0 amide bonds. The van der Waals surface area contributed by atoms with Crippen LogP contribution in [-0.2, 0) is 6.42 Å². The van der Waals surface area contributed by atoms with E-state index >= 15 is 0 Å². The van der Waals surface area contributed by atoms with Crippen molar-refractivity contribution in [2.45, 2.75) is 19.8 Å². The van der Waals surface area contributed by atoms with Gasteiger partial charge in [-0.05, 0) is 37.9 Å². The Kier molecular flexibility index (Phi) is 3.50. The number of halogens is 1. The van der Waals surface area contributed by atoms with Crippen molar-refractivity contribution < 1.29 is 0 Å². The fourth-order valence-corrected chi connectivity index (χ4v) is 1.13. The average molecular weight is 185 g/mol. The summed E-state index contributed by atoms with van der Waals surface area (Å²) in [4.78, 5) is 4.24. The lowest BCUT2D eigenvalue weighted by molar-refractivity contribution is 0.809. The van der Waals surface area contributed by atoms with Crippen LogP contribution in [0.25, 0.3) is 0 Å². The van der Waals surface area contributed by atoms with E-state index in [1.165, 1.54) is 0 Å². The predicted octanol–water partition coefficient (Wildman–Crippen LogP) is 1.93. The van der Waals surface area contributed by atoms with Gasteiger partial charge in [-0.15, -0.1) is 0 Å². The van der Waals surface area contributed by atoms with Gasteiger partial charge in [-0.1, -0.05) is 11.6 Å². The first-order valence-electron chi connectivity index (χ1n) is 4.05. The van der Waals surface area contributed by atoms with Gasteiger partial charge in [0, 0.05) is 16.9 Å². The lowest BCUT2D eigenvalue weighted by Gasteiger charge is -2.01. The minimum atomic E-state index is 0.702. The van der Waals surface area contributed by atoms with Crippen molar-refractivity contribution in [1.29, 1.82) is 0 Å². The minimum Gasteiger partial charge on any atom is -0.330 e. The van der Waals surface area contributed by atoms with Crippen LogP contribution < -0.4 is 5.73 Å². The molecule has 0 saturated carbocycles. The quantitative estimate of drug-likeness (QED) is 0.780. The Morgan fingerprint density at radius 2 is 2.33 bits per heavy atom.